The summed E-state index contributed by atoms with van der Waals surface area (Å²) in [7, 11) is 1.30. The van der Waals surface area contributed by atoms with Crippen molar-refractivity contribution in [2.75, 3.05) is 7.11 Å². The van der Waals surface area contributed by atoms with E-state index in [1.807, 2.05) is 0 Å². The number of rotatable bonds is 3. The van der Waals surface area contributed by atoms with Gasteiger partial charge in [0.15, 0.2) is 0 Å². The molecule has 0 saturated carbocycles. The molecule has 0 atom stereocenters. The molecule has 0 amide bonds. The zero-order chi connectivity index (χ0) is 12.3. The molecule has 0 N–H and O–H groups in total. The standard InChI is InChI=1S/C9H9ClF3NO2/c1-5-3-6(4-10)8(15-2)14-7(5)16-9(11,12)13/h3H,4H2,1-2H3. The lowest BCUT2D eigenvalue weighted by atomic mass is 10.2. The number of hydrogen-bond donors (Lipinski definition) is 0. The molecule has 0 aliphatic rings. The van der Waals surface area contributed by atoms with E-state index in [9.17, 15) is 13.2 Å². The second-order valence-electron chi connectivity index (χ2n) is 2.96. The molecule has 1 rings (SSSR count). The Bertz CT molecular complexity index is 382. The maximum Gasteiger partial charge on any atom is 0.574 e. The zero-order valence-electron chi connectivity index (χ0n) is 8.56. The Morgan fingerprint density at radius 2 is 2.00 bits per heavy atom. The molecule has 0 aliphatic heterocycles. The molecule has 1 aromatic rings. The quantitative estimate of drug-likeness (QED) is 0.778. The van der Waals surface area contributed by atoms with Gasteiger partial charge in [0.2, 0.25) is 11.8 Å². The van der Waals surface area contributed by atoms with E-state index in [1.54, 1.807) is 0 Å². The van der Waals surface area contributed by atoms with Gasteiger partial charge in [-0.3, -0.25) is 0 Å². The highest BCUT2D eigenvalue weighted by atomic mass is 35.5. The van der Waals surface area contributed by atoms with Crippen LogP contribution in [0, 0.1) is 6.92 Å². The Morgan fingerprint density at radius 1 is 1.38 bits per heavy atom. The largest absolute Gasteiger partial charge is 0.574 e. The average molecular weight is 256 g/mol. The van der Waals surface area contributed by atoms with E-state index >= 15 is 0 Å². The summed E-state index contributed by atoms with van der Waals surface area (Å²) < 4.78 is 44.6. The fourth-order valence-corrected chi connectivity index (χ4v) is 1.31. The lowest BCUT2D eigenvalue weighted by molar-refractivity contribution is -0.276. The Balaban J connectivity index is 3.11. The van der Waals surface area contributed by atoms with E-state index in [4.69, 9.17) is 16.3 Å². The molecule has 3 nitrogen and oxygen atoms in total. The first kappa shape index (κ1) is 12.9. The average Bonchev–Trinajstić information content (AvgIpc) is 2.18. The van der Waals surface area contributed by atoms with Crippen LogP contribution in [-0.4, -0.2) is 18.5 Å². The number of aromatic nitrogens is 1. The summed E-state index contributed by atoms with van der Waals surface area (Å²) in [5.74, 6) is -0.401. The number of ether oxygens (including phenoxy) is 2. The van der Waals surface area contributed by atoms with Crippen molar-refractivity contribution in [3.63, 3.8) is 0 Å². The second kappa shape index (κ2) is 4.78. The van der Waals surface area contributed by atoms with Crippen LogP contribution in [0.1, 0.15) is 11.1 Å². The number of hydrogen-bond acceptors (Lipinski definition) is 3. The Hall–Kier alpha value is -1.17. The fraction of sp³-hybridized carbons (Fsp3) is 0.444. The molecule has 16 heavy (non-hydrogen) atoms. The lowest BCUT2D eigenvalue weighted by Crippen LogP contribution is -2.19. The monoisotopic (exact) mass is 255 g/mol. The first-order valence-electron chi connectivity index (χ1n) is 4.23. The number of pyridine rings is 1. The van der Waals surface area contributed by atoms with Gasteiger partial charge < -0.3 is 9.47 Å². The molecular weight excluding hydrogens is 247 g/mol. The van der Waals surface area contributed by atoms with Crippen molar-refractivity contribution in [1.82, 2.24) is 4.98 Å². The van der Waals surface area contributed by atoms with E-state index in [0.29, 0.717) is 5.56 Å². The lowest BCUT2D eigenvalue weighted by Gasteiger charge is -2.13. The molecule has 1 heterocycles. The highest BCUT2D eigenvalue weighted by Crippen LogP contribution is 2.29. The van der Waals surface area contributed by atoms with Crippen LogP contribution in [0.15, 0.2) is 6.07 Å². The predicted octanol–water partition coefficient (Wildman–Crippen LogP) is 3.04. The molecule has 0 aromatic carbocycles. The van der Waals surface area contributed by atoms with E-state index in [0.717, 1.165) is 0 Å². The Labute approximate surface area is 95.1 Å². The molecule has 0 spiro atoms. The van der Waals surface area contributed by atoms with Gasteiger partial charge in [0, 0.05) is 11.1 Å². The molecule has 0 saturated heterocycles. The van der Waals surface area contributed by atoms with Crippen molar-refractivity contribution in [2.45, 2.75) is 19.2 Å². The van der Waals surface area contributed by atoms with Crippen LogP contribution < -0.4 is 9.47 Å². The number of halogens is 4. The van der Waals surface area contributed by atoms with Gasteiger partial charge >= 0.3 is 6.36 Å². The summed E-state index contributed by atoms with van der Waals surface area (Å²) in [5, 5.41) is 0. The third-order valence-corrected chi connectivity index (χ3v) is 2.04. The summed E-state index contributed by atoms with van der Waals surface area (Å²) >= 11 is 5.59. The third kappa shape index (κ3) is 3.16. The molecular formula is C9H9ClF3NO2. The Morgan fingerprint density at radius 3 is 2.44 bits per heavy atom. The summed E-state index contributed by atoms with van der Waals surface area (Å²) in [6.07, 6.45) is -4.77. The predicted molar refractivity (Wildman–Crippen MR) is 51.8 cm³/mol. The van der Waals surface area contributed by atoms with Crippen LogP contribution in [0.5, 0.6) is 11.8 Å². The van der Waals surface area contributed by atoms with Crippen molar-refractivity contribution >= 4 is 11.6 Å². The van der Waals surface area contributed by atoms with Gasteiger partial charge in [-0.1, -0.05) is 0 Å². The molecule has 7 heteroatoms. The highest BCUT2D eigenvalue weighted by Gasteiger charge is 2.33. The summed E-state index contributed by atoms with van der Waals surface area (Å²) in [5.41, 5.74) is 0.755. The van der Waals surface area contributed by atoms with E-state index in [1.165, 1.54) is 20.1 Å². The highest BCUT2D eigenvalue weighted by molar-refractivity contribution is 6.17. The first-order valence-corrected chi connectivity index (χ1v) is 4.77. The van der Waals surface area contributed by atoms with Crippen molar-refractivity contribution in [2.24, 2.45) is 0 Å². The minimum atomic E-state index is -4.77. The van der Waals surface area contributed by atoms with Crippen LogP contribution in [0.2, 0.25) is 0 Å². The number of methoxy groups -OCH3 is 1. The molecule has 1 aromatic heterocycles. The van der Waals surface area contributed by atoms with E-state index in [2.05, 4.69) is 9.72 Å². The fourth-order valence-electron chi connectivity index (χ4n) is 1.12. The summed E-state index contributed by atoms with van der Waals surface area (Å²) in [4.78, 5) is 3.60. The van der Waals surface area contributed by atoms with Gasteiger partial charge in [0.25, 0.3) is 0 Å². The van der Waals surface area contributed by atoms with Gasteiger partial charge in [-0.05, 0) is 13.0 Å². The van der Waals surface area contributed by atoms with Crippen LogP contribution in [0.3, 0.4) is 0 Å². The minimum Gasteiger partial charge on any atom is -0.481 e. The van der Waals surface area contributed by atoms with Gasteiger partial charge in [0.05, 0.1) is 13.0 Å². The topological polar surface area (TPSA) is 31.4 Å². The maximum absolute atomic E-state index is 12.0. The number of alkyl halides is 4. The van der Waals surface area contributed by atoms with Crippen molar-refractivity contribution in [3.8, 4) is 11.8 Å². The first-order chi connectivity index (χ1) is 7.37. The normalized spacial score (nSPS) is 11.4. The smallest absolute Gasteiger partial charge is 0.481 e. The molecule has 0 bridgehead atoms. The zero-order valence-corrected chi connectivity index (χ0v) is 9.32. The van der Waals surface area contributed by atoms with Crippen molar-refractivity contribution in [3.05, 3.63) is 17.2 Å². The van der Waals surface area contributed by atoms with Crippen LogP contribution in [-0.2, 0) is 5.88 Å². The molecule has 0 unspecified atom stereocenters. The van der Waals surface area contributed by atoms with Crippen LogP contribution >= 0.6 is 11.6 Å². The Kier molecular flexibility index (Phi) is 3.85. The SMILES string of the molecule is COc1nc(OC(F)(F)F)c(C)cc1CCl. The van der Waals surface area contributed by atoms with Gasteiger partial charge in [0.1, 0.15) is 0 Å². The molecule has 0 aliphatic carbocycles. The summed E-state index contributed by atoms with van der Waals surface area (Å²) in [6.45, 7) is 1.45. The number of aryl methyl sites for hydroxylation is 1. The third-order valence-electron chi connectivity index (χ3n) is 1.76. The molecule has 90 valence electrons. The van der Waals surface area contributed by atoms with Crippen molar-refractivity contribution < 1.29 is 22.6 Å². The molecule has 0 radical (unpaired) electrons. The van der Waals surface area contributed by atoms with Crippen molar-refractivity contribution in [1.29, 1.82) is 0 Å². The van der Waals surface area contributed by atoms with Crippen LogP contribution in [0.25, 0.3) is 0 Å². The van der Waals surface area contributed by atoms with Gasteiger partial charge in [-0.25, -0.2) is 0 Å². The maximum atomic E-state index is 12.0. The number of nitrogens with zero attached hydrogens (tertiary/aromatic N) is 1. The van der Waals surface area contributed by atoms with Gasteiger partial charge in [-0.15, -0.1) is 24.8 Å². The molecule has 0 fully saturated rings. The van der Waals surface area contributed by atoms with E-state index in [-0.39, 0.29) is 17.3 Å². The second-order valence-corrected chi connectivity index (χ2v) is 3.23. The van der Waals surface area contributed by atoms with Crippen LogP contribution in [0.4, 0.5) is 13.2 Å². The van der Waals surface area contributed by atoms with Gasteiger partial charge in [-0.2, -0.15) is 4.98 Å². The summed E-state index contributed by atoms with van der Waals surface area (Å²) in [6, 6.07) is 1.44. The minimum absolute atomic E-state index is 0.0276. The van der Waals surface area contributed by atoms with E-state index < -0.39 is 12.2 Å².